The number of morpholine rings is 1. The quantitative estimate of drug-likeness (QED) is 0.622. The van der Waals surface area contributed by atoms with Crippen molar-refractivity contribution in [1.29, 1.82) is 0 Å². The second-order valence-corrected chi connectivity index (χ2v) is 3.64. The maximum atomic E-state index is 11.2. The van der Waals surface area contributed by atoms with Crippen LogP contribution >= 0.6 is 0 Å². The summed E-state index contributed by atoms with van der Waals surface area (Å²) >= 11 is 0. The Bertz CT molecular complexity index is 234. The molecule has 0 unspecified atom stereocenters. The van der Waals surface area contributed by atoms with Crippen LogP contribution in [0.15, 0.2) is 12.2 Å². The van der Waals surface area contributed by atoms with E-state index in [1.807, 2.05) is 11.0 Å². The molecule has 2 rings (SSSR count). The normalized spacial score (nSPS) is 23.4. The van der Waals surface area contributed by atoms with E-state index >= 15 is 0 Å². The summed E-state index contributed by atoms with van der Waals surface area (Å²) in [6, 6.07) is 0. The van der Waals surface area contributed by atoms with Crippen molar-refractivity contribution in [3.63, 3.8) is 0 Å². The van der Waals surface area contributed by atoms with Crippen molar-refractivity contribution in [2.45, 2.75) is 0 Å². The van der Waals surface area contributed by atoms with Crippen molar-refractivity contribution in [3.8, 4) is 0 Å². The fourth-order valence-corrected chi connectivity index (χ4v) is 1.76. The highest BCUT2D eigenvalue weighted by Crippen LogP contribution is 2.02. The monoisotopic (exact) mass is 196 g/mol. The smallest absolute Gasteiger partial charge is 0.246 e. The summed E-state index contributed by atoms with van der Waals surface area (Å²) in [5, 5.41) is 0. The first-order chi connectivity index (χ1) is 6.86. The summed E-state index contributed by atoms with van der Waals surface area (Å²) in [6.45, 7) is 6.23. The molecular formula is C10H16N2O2. The van der Waals surface area contributed by atoms with Gasteiger partial charge < -0.3 is 9.64 Å². The van der Waals surface area contributed by atoms with Crippen LogP contribution in [0.25, 0.3) is 0 Å². The molecule has 0 aliphatic carbocycles. The van der Waals surface area contributed by atoms with Crippen molar-refractivity contribution < 1.29 is 9.53 Å². The summed E-state index contributed by atoms with van der Waals surface area (Å²) in [5.41, 5.74) is 0. The van der Waals surface area contributed by atoms with Crippen LogP contribution in [0.1, 0.15) is 0 Å². The molecule has 0 spiro atoms. The van der Waals surface area contributed by atoms with Crippen LogP contribution in [0, 0.1) is 0 Å². The predicted molar refractivity (Wildman–Crippen MR) is 53.0 cm³/mol. The van der Waals surface area contributed by atoms with Crippen molar-refractivity contribution in [2.75, 3.05) is 45.9 Å². The summed E-state index contributed by atoms with van der Waals surface area (Å²) in [6.07, 6.45) is 3.57. The van der Waals surface area contributed by atoms with Crippen LogP contribution in [-0.4, -0.2) is 61.6 Å². The van der Waals surface area contributed by atoms with Gasteiger partial charge in [0.05, 0.1) is 13.2 Å². The zero-order valence-electron chi connectivity index (χ0n) is 8.32. The van der Waals surface area contributed by atoms with Gasteiger partial charge in [-0.25, -0.2) is 0 Å². The number of nitrogens with zero attached hydrogens (tertiary/aromatic N) is 2. The van der Waals surface area contributed by atoms with E-state index in [4.69, 9.17) is 4.74 Å². The van der Waals surface area contributed by atoms with Gasteiger partial charge in [0.1, 0.15) is 0 Å². The molecule has 2 heterocycles. The summed E-state index contributed by atoms with van der Waals surface area (Å²) in [7, 11) is 0. The van der Waals surface area contributed by atoms with Crippen molar-refractivity contribution in [2.24, 2.45) is 0 Å². The van der Waals surface area contributed by atoms with Gasteiger partial charge >= 0.3 is 0 Å². The first-order valence-electron chi connectivity index (χ1n) is 5.12. The Morgan fingerprint density at radius 2 is 2.07 bits per heavy atom. The van der Waals surface area contributed by atoms with Gasteiger partial charge in [-0.05, 0) is 0 Å². The molecule has 0 radical (unpaired) electrons. The third-order valence-corrected chi connectivity index (χ3v) is 2.69. The van der Waals surface area contributed by atoms with Crippen LogP contribution in [0.2, 0.25) is 0 Å². The van der Waals surface area contributed by atoms with Gasteiger partial charge in [-0.2, -0.15) is 0 Å². The van der Waals surface area contributed by atoms with Gasteiger partial charge in [-0.3, -0.25) is 9.69 Å². The number of rotatable bonds is 3. The van der Waals surface area contributed by atoms with E-state index in [-0.39, 0.29) is 5.91 Å². The zero-order valence-corrected chi connectivity index (χ0v) is 8.32. The lowest BCUT2D eigenvalue weighted by atomic mass is 10.4. The molecule has 14 heavy (non-hydrogen) atoms. The Balaban J connectivity index is 1.68. The molecule has 0 atom stereocenters. The molecule has 0 aromatic heterocycles. The lowest BCUT2D eigenvalue weighted by Gasteiger charge is -2.28. The van der Waals surface area contributed by atoms with E-state index in [0.717, 1.165) is 45.9 Å². The minimum Gasteiger partial charge on any atom is -0.379 e. The second kappa shape index (κ2) is 4.57. The number of carbonyl (C=O) groups is 1. The number of hydrogen-bond donors (Lipinski definition) is 0. The van der Waals surface area contributed by atoms with Crippen molar-refractivity contribution in [3.05, 3.63) is 12.2 Å². The van der Waals surface area contributed by atoms with Gasteiger partial charge in [0.25, 0.3) is 0 Å². The van der Waals surface area contributed by atoms with Crippen molar-refractivity contribution >= 4 is 5.91 Å². The molecule has 1 saturated heterocycles. The molecule has 4 nitrogen and oxygen atoms in total. The highest BCUT2D eigenvalue weighted by molar-refractivity contribution is 5.89. The first kappa shape index (κ1) is 9.68. The number of hydrogen-bond acceptors (Lipinski definition) is 3. The second-order valence-electron chi connectivity index (χ2n) is 3.64. The molecule has 2 aliphatic rings. The van der Waals surface area contributed by atoms with Gasteiger partial charge in [-0.15, -0.1) is 0 Å². The molecule has 4 heteroatoms. The van der Waals surface area contributed by atoms with E-state index in [9.17, 15) is 4.79 Å². The van der Waals surface area contributed by atoms with Crippen molar-refractivity contribution in [1.82, 2.24) is 9.80 Å². The van der Waals surface area contributed by atoms with E-state index in [2.05, 4.69) is 4.90 Å². The fraction of sp³-hybridized carbons (Fsp3) is 0.700. The molecule has 0 aromatic rings. The van der Waals surface area contributed by atoms with E-state index in [0.29, 0.717) is 0 Å². The number of ether oxygens (including phenoxy) is 1. The van der Waals surface area contributed by atoms with E-state index in [1.54, 1.807) is 6.08 Å². The third kappa shape index (κ3) is 2.33. The first-order valence-corrected chi connectivity index (χ1v) is 5.12. The van der Waals surface area contributed by atoms with Crippen LogP contribution in [0.4, 0.5) is 0 Å². The molecule has 2 aliphatic heterocycles. The number of carbonyl (C=O) groups excluding carboxylic acids is 1. The average Bonchev–Trinajstić information content (AvgIpc) is 2.63. The van der Waals surface area contributed by atoms with Gasteiger partial charge in [0.2, 0.25) is 5.91 Å². The lowest BCUT2D eigenvalue weighted by Crippen LogP contribution is -2.41. The lowest BCUT2D eigenvalue weighted by molar-refractivity contribution is -0.124. The Morgan fingerprint density at radius 1 is 1.29 bits per heavy atom. The Hall–Kier alpha value is -0.870. The van der Waals surface area contributed by atoms with Gasteiger partial charge in [-0.1, -0.05) is 6.08 Å². The molecule has 0 bridgehead atoms. The molecule has 1 amide bonds. The molecule has 0 saturated carbocycles. The van der Waals surface area contributed by atoms with E-state index < -0.39 is 0 Å². The SMILES string of the molecule is O=C1C=CCN1CCN1CCOCC1. The van der Waals surface area contributed by atoms with Crippen LogP contribution in [0.3, 0.4) is 0 Å². The molecule has 0 N–H and O–H groups in total. The van der Waals surface area contributed by atoms with Crippen LogP contribution in [0.5, 0.6) is 0 Å². The van der Waals surface area contributed by atoms with Gasteiger partial charge in [0, 0.05) is 38.8 Å². The third-order valence-electron chi connectivity index (χ3n) is 2.69. The highest BCUT2D eigenvalue weighted by atomic mass is 16.5. The maximum Gasteiger partial charge on any atom is 0.246 e. The molecule has 78 valence electrons. The Morgan fingerprint density at radius 3 is 2.71 bits per heavy atom. The predicted octanol–water partition coefficient (Wildman–Crippen LogP) is -0.283. The summed E-state index contributed by atoms with van der Waals surface area (Å²) in [5.74, 6) is 0.151. The molecular weight excluding hydrogens is 180 g/mol. The average molecular weight is 196 g/mol. The van der Waals surface area contributed by atoms with Crippen LogP contribution < -0.4 is 0 Å². The Labute approximate surface area is 84.1 Å². The standard InChI is InChI=1S/C10H16N2O2/c13-10-2-1-3-12(10)5-4-11-6-8-14-9-7-11/h1-2H,3-9H2. The maximum absolute atomic E-state index is 11.2. The zero-order chi connectivity index (χ0) is 9.80. The minimum absolute atomic E-state index is 0.151. The van der Waals surface area contributed by atoms with Gasteiger partial charge in [0.15, 0.2) is 0 Å². The van der Waals surface area contributed by atoms with Crippen LogP contribution in [-0.2, 0) is 9.53 Å². The van der Waals surface area contributed by atoms with E-state index in [1.165, 1.54) is 0 Å². The fourth-order valence-electron chi connectivity index (χ4n) is 1.76. The highest BCUT2D eigenvalue weighted by Gasteiger charge is 2.16. The number of amides is 1. The topological polar surface area (TPSA) is 32.8 Å². The molecule has 1 fully saturated rings. The largest absolute Gasteiger partial charge is 0.379 e. The summed E-state index contributed by atoms with van der Waals surface area (Å²) in [4.78, 5) is 15.5. The minimum atomic E-state index is 0.151. The Kier molecular flexibility index (Phi) is 3.16. The summed E-state index contributed by atoms with van der Waals surface area (Å²) < 4.78 is 5.26. The molecule has 0 aromatic carbocycles.